The molecule has 0 radical (unpaired) electrons. The Bertz CT molecular complexity index is 710. The minimum Gasteiger partial charge on any atom is -0.489 e. The second kappa shape index (κ2) is 7.40. The van der Waals surface area contributed by atoms with Crippen LogP contribution >= 0.6 is 22.6 Å². The van der Waals surface area contributed by atoms with Crippen molar-refractivity contribution in [3.05, 3.63) is 62.7 Å². The van der Waals surface area contributed by atoms with Crippen LogP contribution in [-0.4, -0.2) is 18.9 Å². The Morgan fingerprint density at radius 1 is 1.14 bits per heavy atom. The molecule has 0 aliphatic carbocycles. The highest BCUT2D eigenvalue weighted by Gasteiger charge is 2.08. The van der Waals surface area contributed by atoms with Crippen molar-refractivity contribution in [2.75, 3.05) is 7.11 Å². The van der Waals surface area contributed by atoms with Crippen LogP contribution in [0.4, 0.5) is 0 Å². The number of Topliss-reactive ketones (excluding diaryl/α,β-unsaturated/α-hetero) is 1. The van der Waals surface area contributed by atoms with Gasteiger partial charge in [-0.1, -0.05) is 12.1 Å². The smallest absolute Gasteiger partial charge is 0.337 e. The SMILES string of the molecule is COC(=O)c1cccc(COc2ccc(C(C)=O)c(I)c2)c1. The molecule has 0 aromatic heterocycles. The number of methoxy groups -OCH3 is 1. The van der Waals surface area contributed by atoms with E-state index in [2.05, 4.69) is 22.6 Å². The van der Waals surface area contributed by atoms with Crippen LogP contribution in [-0.2, 0) is 11.3 Å². The van der Waals surface area contributed by atoms with Crippen molar-refractivity contribution in [2.24, 2.45) is 0 Å². The molecule has 22 heavy (non-hydrogen) atoms. The predicted octanol–water partition coefficient (Wildman–Crippen LogP) is 3.86. The molecule has 0 unspecified atom stereocenters. The molecule has 0 N–H and O–H groups in total. The minimum absolute atomic E-state index is 0.0294. The quantitative estimate of drug-likeness (QED) is 0.427. The Balaban J connectivity index is 2.09. The van der Waals surface area contributed by atoms with Gasteiger partial charge in [0.15, 0.2) is 5.78 Å². The number of ether oxygens (including phenoxy) is 2. The molecule has 0 spiro atoms. The topological polar surface area (TPSA) is 52.6 Å². The number of rotatable bonds is 5. The van der Waals surface area contributed by atoms with Gasteiger partial charge in [0.25, 0.3) is 0 Å². The van der Waals surface area contributed by atoms with Crippen molar-refractivity contribution in [2.45, 2.75) is 13.5 Å². The van der Waals surface area contributed by atoms with Gasteiger partial charge in [-0.25, -0.2) is 4.79 Å². The van der Waals surface area contributed by atoms with Gasteiger partial charge in [0.2, 0.25) is 0 Å². The van der Waals surface area contributed by atoms with Crippen molar-refractivity contribution in [3.63, 3.8) is 0 Å². The molecular formula is C17H15IO4. The van der Waals surface area contributed by atoms with Crippen molar-refractivity contribution in [1.29, 1.82) is 0 Å². The van der Waals surface area contributed by atoms with Crippen LogP contribution in [0.3, 0.4) is 0 Å². The number of esters is 1. The lowest BCUT2D eigenvalue weighted by atomic mass is 10.1. The Morgan fingerprint density at radius 2 is 1.91 bits per heavy atom. The van der Waals surface area contributed by atoms with E-state index in [1.807, 2.05) is 12.1 Å². The van der Waals surface area contributed by atoms with Crippen molar-refractivity contribution in [1.82, 2.24) is 0 Å². The number of benzene rings is 2. The second-order valence-corrected chi connectivity index (χ2v) is 5.84. The van der Waals surface area contributed by atoms with E-state index in [0.29, 0.717) is 23.5 Å². The highest BCUT2D eigenvalue weighted by atomic mass is 127. The molecular weight excluding hydrogens is 395 g/mol. The molecule has 5 heteroatoms. The Kier molecular flexibility index (Phi) is 5.54. The third-order valence-electron chi connectivity index (χ3n) is 3.07. The van der Waals surface area contributed by atoms with Crippen LogP contribution < -0.4 is 4.74 Å². The standard InChI is InChI=1S/C17H15IO4/c1-11(19)15-7-6-14(9-16(15)18)22-10-12-4-3-5-13(8-12)17(20)21-2/h3-9H,10H2,1-2H3. The van der Waals surface area contributed by atoms with Gasteiger partial charge in [-0.05, 0) is 65.4 Å². The van der Waals surface area contributed by atoms with Crippen molar-refractivity contribution < 1.29 is 19.1 Å². The molecule has 2 aromatic rings. The van der Waals surface area contributed by atoms with Crippen LogP contribution in [0.5, 0.6) is 5.75 Å². The monoisotopic (exact) mass is 410 g/mol. The lowest BCUT2D eigenvalue weighted by Crippen LogP contribution is -2.03. The van der Waals surface area contributed by atoms with E-state index in [-0.39, 0.29) is 11.8 Å². The first kappa shape index (κ1) is 16.5. The van der Waals surface area contributed by atoms with Gasteiger partial charge in [0.1, 0.15) is 12.4 Å². The molecule has 4 nitrogen and oxygen atoms in total. The van der Waals surface area contributed by atoms with Gasteiger partial charge in [-0.2, -0.15) is 0 Å². The maximum atomic E-state index is 11.5. The van der Waals surface area contributed by atoms with E-state index in [0.717, 1.165) is 9.13 Å². The second-order valence-electron chi connectivity index (χ2n) is 4.68. The predicted molar refractivity (Wildman–Crippen MR) is 91.3 cm³/mol. The summed E-state index contributed by atoms with van der Waals surface area (Å²) in [6, 6.07) is 12.4. The first-order valence-corrected chi connectivity index (χ1v) is 7.69. The summed E-state index contributed by atoms with van der Waals surface area (Å²) >= 11 is 2.11. The Labute approximate surface area is 142 Å². The fraction of sp³-hybridized carbons (Fsp3) is 0.176. The molecule has 0 heterocycles. The number of hydrogen-bond donors (Lipinski definition) is 0. The lowest BCUT2D eigenvalue weighted by Gasteiger charge is -2.09. The van der Waals surface area contributed by atoms with Gasteiger partial charge < -0.3 is 9.47 Å². The maximum Gasteiger partial charge on any atom is 0.337 e. The first-order valence-electron chi connectivity index (χ1n) is 6.62. The summed E-state index contributed by atoms with van der Waals surface area (Å²) in [6.45, 7) is 1.87. The van der Waals surface area contributed by atoms with Crippen LogP contribution in [0.15, 0.2) is 42.5 Å². The highest BCUT2D eigenvalue weighted by molar-refractivity contribution is 14.1. The molecule has 0 aliphatic rings. The van der Waals surface area contributed by atoms with Gasteiger partial charge in [0, 0.05) is 9.13 Å². The molecule has 0 saturated heterocycles. The Morgan fingerprint density at radius 3 is 2.55 bits per heavy atom. The number of carbonyl (C=O) groups is 2. The summed E-state index contributed by atoms with van der Waals surface area (Å²) in [7, 11) is 1.35. The maximum absolute atomic E-state index is 11.5. The first-order chi connectivity index (χ1) is 10.5. The number of carbonyl (C=O) groups excluding carboxylic acids is 2. The third-order valence-corrected chi connectivity index (χ3v) is 3.97. The van der Waals surface area contributed by atoms with Crippen LogP contribution in [0.1, 0.15) is 33.2 Å². The lowest BCUT2D eigenvalue weighted by molar-refractivity contribution is 0.0600. The highest BCUT2D eigenvalue weighted by Crippen LogP contribution is 2.21. The van der Waals surface area contributed by atoms with Crippen LogP contribution in [0, 0.1) is 3.57 Å². The Hall–Kier alpha value is -1.89. The summed E-state index contributed by atoms with van der Waals surface area (Å²) in [6.07, 6.45) is 0. The molecule has 0 atom stereocenters. The average Bonchev–Trinajstić information content (AvgIpc) is 2.52. The number of ketones is 1. The summed E-state index contributed by atoms with van der Waals surface area (Å²) < 4.78 is 11.3. The van der Waals surface area contributed by atoms with Crippen molar-refractivity contribution >= 4 is 34.3 Å². The number of hydrogen-bond acceptors (Lipinski definition) is 4. The normalized spacial score (nSPS) is 10.1. The van der Waals surface area contributed by atoms with Crippen LogP contribution in [0.25, 0.3) is 0 Å². The molecule has 0 amide bonds. The molecule has 2 rings (SSSR count). The summed E-state index contributed by atoms with van der Waals surface area (Å²) in [5.74, 6) is 0.335. The zero-order valence-corrected chi connectivity index (χ0v) is 14.4. The molecule has 0 fully saturated rings. The molecule has 0 bridgehead atoms. The van der Waals surface area contributed by atoms with Gasteiger partial charge >= 0.3 is 5.97 Å². The van der Waals surface area contributed by atoms with E-state index >= 15 is 0 Å². The summed E-state index contributed by atoms with van der Waals surface area (Å²) in [5, 5.41) is 0. The van der Waals surface area contributed by atoms with E-state index in [4.69, 9.17) is 9.47 Å². The van der Waals surface area contributed by atoms with E-state index in [9.17, 15) is 9.59 Å². The molecule has 2 aromatic carbocycles. The molecule has 0 aliphatic heterocycles. The minimum atomic E-state index is -0.373. The zero-order valence-electron chi connectivity index (χ0n) is 12.3. The fourth-order valence-electron chi connectivity index (χ4n) is 1.94. The molecule has 0 saturated carbocycles. The van der Waals surface area contributed by atoms with Gasteiger partial charge in [-0.3, -0.25) is 4.79 Å². The van der Waals surface area contributed by atoms with E-state index in [1.165, 1.54) is 14.0 Å². The fourth-order valence-corrected chi connectivity index (χ4v) is 2.81. The van der Waals surface area contributed by atoms with E-state index in [1.54, 1.807) is 30.3 Å². The average molecular weight is 410 g/mol. The summed E-state index contributed by atoms with van der Waals surface area (Å²) in [5.41, 5.74) is 2.04. The largest absolute Gasteiger partial charge is 0.489 e. The van der Waals surface area contributed by atoms with E-state index < -0.39 is 0 Å². The van der Waals surface area contributed by atoms with Crippen molar-refractivity contribution in [3.8, 4) is 5.75 Å². The zero-order chi connectivity index (χ0) is 16.1. The molecule has 114 valence electrons. The summed E-state index contributed by atoms with van der Waals surface area (Å²) in [4.78, 5) is 22.9. The van der Waals surface area contributed by atoms with Crippen LogP contribution in [0.2, 0.25) is 0 Å². The third kappa shape index (κ3) is 4.07. The van der Waals surface area contributed by atoms with Gasteiger partial charge in [0.05, 0.1) is 12.7 Å². The van der Waals surface area contributed by atoms with Gasteiger partial charge in [-0.15, -0.1) is 0 Å². The number of halogens is 1.